The zero-order chi connectivity index (χ0) is 18.0. The van der Waals surface area contributed by atoms with Crippen LogP contribution in [0.1, 0.15) is 6.23 Å². The molecule has 0 saturated carbocycles. The highest BCUT2D eigenvalue weighted by Gasteiger charge is 2.44. The summed E-state index contributed by atoms with van der Waals surface area (Å²) >= 11 is 0. The van der Waals surface area contributed by atoms with Crippen LogP contribution in [0.3, 0.4) is 0 Å². The summed E-state index contributed by atoms with van der Waals surface area (Å²) in [6, 6.07) is 0. The molecule has 0 amide bonds. The Hall–Kier alpha value is -1.89. The molecule has 5 atom stereocenters. The van der Waals surface area contributed by atoms with E-state index in [2.05, 4.69) is 20.3 Å². The largest absolute Gasteiger partial charge is 0.394 e. The van der Waals surface area contributed by atoms with E-state index < -0.39 is 30.6 Å². The van der Waals surface area contributed by atoms with Crippen molar-refractivity contribution >= 4 is 17.0 Å². The molecular formula is C14H21N5O6. The number of ether oxygens (including phenoxy) is 2. The van der Waals surface area contributed by atoms with Crippen LogP contribution in [0.25, 0.3) is 11.2 Å². The third kappa shape index (κ3) is 3.42. The second kappa shape index (κ2) is 7.56. The van der Waals surface area contributed by atoms with Crippen molar-refractivity contribution in [3.63, 3.8) is 0 Å². The smallest absolute Gasteiger partial charge is 0.167 e. The van der Waals surface area contributed by atoms with Crippen molar-refractivity contribution in [2.24, 2.45) is 0 Å². The number of aliphatic hydroxyl groups is 4. The fraction of sp³-hybridized carbons (Fsp3) is 0.643. The Labute approximate surface area is 142 Å². The average molecular weight is 355 g/mol. The fourth-order valence-electron chi connectivity index (χ4n) is 2.71. The molecule has 1 aliphatic rings. The van der Waals surface area contributed by atoms with E-state index in [-0.39, 0.29) is 19.8 Å². The lowest BCUT2D eigenvalue weighted by molar-refractivity contribution is -0.0580. The zero-order valence-corrected chi connectivity index (χ0v) is 13.6. The highest BCUT2D eigenvalue weighted by molar-refractivity contribution is 5.82. The minimum absolute atomic E-state index is 0.0899. The van der Waals surface area contributed by atoms with Crippen LogP contribution in [0, 0.1) is 0 Å². The molecule has 1 fully saturated rings. The maximum Gasteiger partial charge on any atom is 0.167 e. The Morgan fingerprint density at radius 1 is 1.32 bits per heavy atom. The summed E-state index contributed by atoms with van der Waals surface area (Å²) < 4.78 is 12.2. The first-order valence-electron chi connectivity index (χ1n) is 7.77. The predicted molar refractivity (Wildman–Crippen MR) is 84.7 cm³/mol. The van der Waals surface area contributed by atoms with Gasteiger partial charge in [-0.2, -0.15) is 0 Å². The van der Waals surface area contributed by atoms with Crippen molar-refractivity contribution in [3.8, 4) is 0 Å². The Balaban J connectivity index is 1.86. The van der Waals surface area contributed by atoms with Gasteiger partial charge in [-0.3, -0.25) is 4.57 Å². The van der Waals surface area contributed by atoms with Gasteiger partial charge in [0.15, 0.2) is 23.2 Å². The minimum atomic E-state index is -1.17. The van der Waals surface area contributed by atoms with Crippen molar-refractivity contribution in [2.75, 3.05) is 32.2 Å². The highest BCUT2D eigenvalue weighted by Crippen LogP contribution is 2.32. The van der Waals surface area contributed by atoms with Crippen LogP contribution in [-0.4, -0.2) is 91.2 Å². The van der Waals surface area contributed by atoms with E-state index in [9.17, 15) is 15.3 Å². The third-order valence-corrected chi connectivity index (χ3v) is 4.02. The molecule has 1 aliphatic heterocycles. The molecular weight excluding hydrogens is 334 g/mol. The normalized spacial score (nSPS) is 27.7. The summed E-state index contributed by atoms with van der Waals surface area (Å²) in [5.74, 6) is 0.373. The van der Waals surface area contributed by atoms with E-state index in [1.165, 1.54) is 24.3 Å². The Morgan fingerprint density at radius 3 is 2.84 bits per heavy atom. The van der Waals surface area contributed by atoms with Crippen LogP contribution >= 0.6 is 0 Å². The first-order chi connectivity index (χ1) is 12.1. The molecule has 2 aromatic rings. The molecule has 1 unspecified atom stereocenters. The Kier molecular flexibility index (Phi) is 5.42. The summed E-state index contributed by atoms with van der Waals surface area (Å²) in [7, 11) is 1.48. The number of imidazole rings is 1. The van der Waals surface area contributed by atoms with E-state index in [1.54, 1.807) is 0 Å². The topological polar surface area (TPSA) is 155 Å². The summed E-state index contributed by atoms with van der Waals surface area (Å²) in [5, 5.41) is 41.5. The molecule has 11 nitrogen and oxygen atoms in total. The molecule has 0 aromatic carbocycles. The summed E-state index contributed by atoms with van der Waals surface area (Å²) in [6.07, 6.45) is -1.99. The van der Waals surface area contributed by atoms with E-state index in [0.717, 1.165) is 0 Å². The Bertz CT molecular complexity index is 712. The number of aromatic nitrogens is 4. The van der Waals surface area contributed by atoms with Gasteiger partial charge in [0, 0.05) is 13.7 Å². The average Bonchev–Trinajstić information content (AvgIpc) is 3.16. The molecule has 0 bridgehead atoms. The minimum Gasteiger partial charge on any atom is -0.394 e. The molecule has 11 heteroatoms. The van der Waals surface area contributed by atoms with Gasteiger partial charge in [-0.05, 0) is 0 Å². The van der Waals surface area contributed by atoms with Gasteiger partial charge in [0.1, 0.15) is 24.6 Å². The number of aliphatic hydroxyl groups excluding tert-OH is 4. The SMILES string of the molecule is COC[C@H]1O[C@@H](n2cnc3c(NCC(O)CO)ncnc32)[C@H](O)[C@@H]1O. The number of fused-ring (bicyclic) bond motifs is 1. The molecule has 1 saturated heterocycles. The zero-order valence-electron chi connectivity index (χ0n) is 13.6. The van der Waals surface area contributed by atoms with E-state index in [0.29, 0.717) is 17.0 Å². The van der Waals surface area contributed by atoms with Crippen molar-refractivity contribution in [1.82, 2.24) is 19.5 Å². The lowest BCUT2D eigenvalue weighted by Gasteiger charge is -2.16. The quantitative estimate of drug-likeness (QED) is 0.371. The van der Waals surface area contributed by atoms with Gasteiger partial charge in [-0.1, -0.05) is 0 Å². The fourth-order valence-corrected chi connectivity index (χ4v) is 2.71. The second-order valence-corrected chi connectivity index (χ2v) is 5.77. The first-order valence-corrected chi connectivity index (χ1v) is 7.77. The number of methoxy groups -OCH3 is 1. The van der Waals surface area contributed by atoms with Crippen LogP contribution in [-0.2, 0) is 9.47 Å². The van der Waals surface area contributed by atoms with Gasteiger partial charge < -0.3 is 35.2 Å². The monoisotopic (exact) mass is 355 g/mol. The maximum atomic E-state index is 10.3. The van der Waals surface area contributed by atoms with Crippen LogP contribution in [0.4, 0.5) is 5.82 Å². The molecule has 0 aliphatic carbocycles. The number of nitrogens with zero attached hydrogens (tertiary/aromatic N) is 4. The van der Waals surface area contributed by atoms with Crippen molar-refractivity contribution < 1.29 is 29.9 Å². The van der Waals surface area contributed by atoms with Gasteiger partial charge in [0.25, 0.3) is 0 Å². The molecule has 138 valence electrons. The molecule has 0 spiro atoms. The third-order valence-electron chi connectivity index (χ3n) is 4.02. The number of nitrogens with one attached hydrogen (secondary N) is 1. The number of anilines is 1. The van der Waals surface area contributed by atoms with Crippen LogP contribution in [0.2, 0.25) is 0 Å². The predicted octanol–water partition coefficient (Wildman–Crippen LogP) is -2.14. The van der Waals surface area contributed by atoms with Crippen LogP contribution in [0.5, 0.6) is 0 Å². The molecule has 0 radical (unpaired) electrons. The molecule has 3 heterocycles. The maximum absolute atomic E-state index is 10.3. The molecule has 5 N–H and O–H groups in total. The van der Waals surface area contributed by atoms with E-state index in [4.69, 9.17) is 14.6 Å². The number of hydrogen-bond acceptors (Lipinski definition) is 10. The van der Waals surface area contributed by atoms with Gasteiger partial charge in [0.05, 0.1) is 25.6 Å². The van der Waals surface area contributed by atoms with Crippen LogP contribution < -0.4 is 5.32 Å². The number of hydrogen-bond donors (Lipinski definition) is 5. The second-order valence-electron chi connectivity index (χ2n) is 5.77. The molecule has 25 heavy (non-hydrogen) atoms. The lowest BCUT2D eigenvalue weighted by atomic mass is 10.1. The number of rotatable bonds is 7. The van der Waals surface area contributed by atoms with Crippen LogP contribution in [0.15, 0.2) is 12.7 Å². The van der Waals surface area contributed by atoms with Gasteiger partial charge in [-0.15, -0.1) is 0 Å². The summed E-state index contributed by atoms with van der Waals surface area (Å²) in [6.45, 7) is -0.147. The summed E-state index contributed by atoms with van der Waals surface area (Å²) in [5.41, 5.74) is 0.804. The standard InChI is InChI=1S/C14H21N5O6/c1-24-4-8-10(22)11(23)14(25-8)19-6-18-9-12(15-2-7(21)3-20)16-5-17-13(9)19/h5-8,10-11,14,20-23H,2-4H2,1H3,(H,15,16,17)/t7?,8-,10-,11-,14-/m1/s1. The molecule has 2 aromatic heterocycles. The van der Waals surface area contributed by atoms with Gasteiger partial charge >= 0.3 is 0 Å². The van der Waals surface area contributed by atoms with E-state index in [1.807, 2.05) is 0 Å². The van der Waals surface area contributed by atoms with Crippen molar-refractivity contribution in [3.05, 3.63) is 12.7 Å². The van der Waals surface area contributed by atoms with Gasteiger partial charge in [0.2, 0.25) is 0 Å². The Morgan fingerprint density at radius 2 is 2.12 bits per heavy atom. The lowest BCUT2D eigenvalue weighted by Crippen LogP contribution is -2.33. The van der Waals surface area contributed by atoms with Crippen molar-refractivity contribution in [2.45, 2.75) is 30.6 Å². The molecule has 3 rings (SSSR count). The first kappa shape index (κ1) is 17.9. The van der Waals surface area contributed by atoms with Gasteiger partial charge in [-0.25, -0.2) is 15.0 Å². The van der Waals surface area contributed by atoms with Crippen molar-refractivity contribution in [1.29, 1.82) is 0 Å². The van der Waals surface area contributed by atoms with E-state index >= 15 is 0 Å². The highest BCUT2D eigenvalue weighted by atomic mass is 16.6. The summed E-state index contributed by atoms with van der Waals surface area (Å²) in [4.78, 5) is 12.5.